The Morgan fingerprint density at radius 3 is 2.89 bits per heavy atom. The molecule has 0 spiro atoms. The summed E-state index contributed by atoms with van der Waals surface area (Å²) in [5, 5.41) is 6.76. The number of carbonyl (C=O) groups excluding carboxylic acids is 2. The molecule has 2 N–H and O–H groups in total. The molecule has 1 aromatic carbocycles. The molecule has 1 aliphatic carbocycles. The SMILES string of the molecule is C=C1NC2=C(C(=O)CCC2)C(c2ccc(COc3ccc(Cl)c(C)c3)o2)C1C(=O)Nc1ccccn1. The molecule has 1 aliphatic heterocycles. The summed E-state index contributed by atoms with van der Waals surface area (Å²) >= 11 is 6.10. The highest BCUT2D eigenvalue weighted by atomic mass is 35.5. The molecule has 184 valence electrons. The average molecular weight is 504 g/mol. The minimum atomic E-state index is -0.758. The largest absolute Gasteiger partial charge is 0.486 e. The number of rotatable bonds is 6. The van der Waals surface area contributed by atoms with Crippen molar-refractivity contribution in [1.29, 1.82) is 0 Å². The minimum absolute atomic E-state index is 0.0164. The predicted octanol–water partition coefficient (Wildman–Crippen LogP) is 5.68. The number of furan rings is 1. The molecular formula is C28H26ClN3O4. The maximum absolute atomic E-state index is 13.5. The Bertz CT molecular complexity index is 1360. The number of hydrogen-bond acceptors (Lipinski definition) is 6. The number of amides is 1. The zero-order chi connectivity index (χ0) is 25.2. The lowest BCUT2D eigenvalue weighted by Crippen LogP contribution is -2.42. The molecule has 3 heterocycles. The normalized spacial score (nSPS) is 19.5. The topological polar surface area (TPSA) is 93.5 Å². The maximum Gasteiger partial charge on any atom is 0.235 e. The van der Waals surface area contributed by atoms with Crippen LogP contribution in [-0.2, 0) is 16.2 Å². The fraction of sp³-hybridized carbons (Fsp3) is 0.250. The number of nitrogens with zero attached hydrogens (tertiary/aromatic N) is 1. The lowest BCUT2D eigenvalue weighted by Gasteiger charge is -2.37. The highest BCUT2D eigenvalue weighted by Crippen LogP contribution is 2.44. The first kappa shape index (κ1) is 23.9. The van der Waals surface area contributed by atoms with Gasteiger partial charge in [-0.25, -0.2) is 4.98 Å². The first-order chi connectivity index (χ1) is 17.4. The summed E-state index contributed by atoms with van der Waals surface area (Å²) in [6.07, 6.45) is 3.52. The average Bonchev–Trinajstić information content (AvgIpc) is 3.33. The van der Waals surface area contributed by atoms with Gasteiger partial charge in [0.05, 0.1) is 11.8 Å². The van der Waals surface area contributed by atoms with E-state index in [9.17, 15) is 9.59 Å². The number of benzene rings is 1. The van der Waals surface area contributed by atoms with Gasteiger partial charge in [0, 0.05) is 34.6 Å². The third-order valence-corrected chi connectivity index (χ3v) is 6.91. The van der Waals surface area contributed by atoms with Crippen LogP contribution in [0, 0.1) is 12.8 Å². The molecule has 0 fully saturated rings. The summed E-state index contributed by atoms with van der Waals surface area (Å²) in [7, 11) is 0. The molecule has 36 heavy (non-hydrogen) atoms. The lowest BCUT2D eigenvalue weighted by atomic mass is 9.73. The number of aromatic nitrogens is 1. The number of carbonyl (C=O) groups is 2. The van der Waals surface area contributed by atoms with Gasteiger partial charge >= 0.3 is 0 Å². The number of hydrogen-bond donors (Lipinski definition) is 2. The summed E-state index contributed by atoms with van der Waals surface area (Å²) in [5.74, 6) is 0.544. The van der Waals surface area contributed by atoms with Crippen LogP contribution in [0.5, 0.6) is 5.75 Å². The fourth-order valence-corrected chi connectivity index (χ4v) is 4.87. The number of ketones is 1. The Labute approximate surface area is 214 Å². The number of anilines is 1. The van der Waals surface area contributed by atoms with Crippen LogP contribution in [0.3, 0.4) is 0 Å². The van der Waals surface area contributed by atoms with Crippen LogP contribution < -0.4 is 15.4 Å². The molecule has 0 saturated carbocycles. The van der Waals surface area contributed by atoms with E-state index in [1.807, 2.05) is 25.1 Å². The Morgan fingerprint density at radius 1 is 1.25 bits per heavy atom. The van der Waals surface area contributed by atoms with Gasteiger partial charge in [0.15, 0.2) is 5.78 Å². The third kappa shape index (κ3) is 4.79. The summed E-state index contributed by atoms with van der Waals surface area (Å²) in [6.45, 7) is 6.23. The molecule has 2 unspecified atom stereocenters. The molecular weight excluding hydrogens is 478 g/mol. The van der Waals surface area contributed by atoms with Crippen molar-refractivity contribution in [3.8, 4) is 5.75 Å². The lowest BCUT2D eigenvalue weighted by molar-refractivity contribution is -0.120. The molecule has 2 aliphatic rings. The van der Waals surface area contributed by atoms with Gasteiger partial charge in [0.25, 0.3) is 0 Å². The van der Waals surface area contributed by atoms with Crippen molar-refractivity contribution in [1.82, 2.24) is 10.3 Å². The van der Waals surface area contributed by atoms with Gasteiger partial charge in [-0.05, 0) is 67.8 Å². The maximum atomic E-state index is 13.5. The molecule has 0 bridgehead atoms. The van der Waals surface area contributed by atoms with Gasteiger partial charge in [0.1, 0.15) is 29.7 Å². The fourth-order valence-electron chi connectivity index (χ4n) is 4.75. The number of pyridine rings is 1. The molecule has 2 atom stereocenters. The van der Waals surface area contributed by atoms with Gasteiger partial charge in [-0.2, -0.15) is 0 Å². The van der Waals surface area contributed by atoms with Gasteiger partial charge in [-0.3, -0.25) is 9.59 Å². The van der Waals surface area contributed by atoms with Crippen molar-refractivity contribution >= 4 is 29.1 Å². The van der Waals surface area contributed by atoms with Gasteiger partial charge in [-0.1, -0.05) is 24.2 Å². The zero-order valence-electron chi connectivity index (χ0n) is 19.8. The van der Waals surface area contributed by atoms with Crippen LogP contribution in [0.25, 0.3) is 0 Å². The van der Waals surface area contributed by atoms with E-state index in [2.05, 4.69) is 22.2 Å². The first-order valence-electron chi connectivity index (χ1n) is 11.8. The molecule has 2 aromatic heterocycles. The quantitative estimate of drug-likeness (QED) is 0.449. The van der Waals surface area contributed by atoms with Crippen molar-refractivity contribution in [2.24, 2.45) is 5.92 Å². The number of nitrogens with one attached hydrogen (secondary N) is 2. The van der Waals surface area contributed by atoms with Crippen molar-refractivity contribution < 1.29 is 18.7 Å². The van der Waals surface area contributed by atoms with Crippen molar-refractivity contribution in [2.75, 3.05) is 5.32 Å². The van der Waals surface area contributed by atoms with Crippen LogP contribution >= 0.6 is 11.6 Å². The van der Waals surface area contributed by atoms with Gasteiger partial charge in [0.2, 0.25) is 5.91 Å². The van der Waals surface area contributed by atoms with Crippen molar-refractivity contribution in [3.05, 3.63) is 100 Å². The van der Waals surface area contributed by atoms with E-state index in [0.717, 1.165) is 24.1 Å². The van der Waals surface area contributed by atoms with Crippen LogP contribution in [-0.4, -0.2) is 16.7 Å². The highest BCUT2D eigenvalue weighted by Gasteiger charge is 2.44. The summed E-state index contributed by atoms with van der Waals surface area (Å²) in [5.41, 5.74) is 2.84. The number of Topliss-reactive ketones (excluding diaryl/α,β-unsaturated/α-hetero) is 1. The second kappa shape index (κ2) is 10.0. The molecule has 3 aromatic rings. The predicted molar refractivity (Wildman–Crippen MR) is 136 cm³/mol. The van der Waals surface area contributed by atoms with Gasteiger partial charge in [-0.15, -0.1) is 0 Å². The third-order valence-electron chi connectivity index (χ3n) is 6.49. The van der Waals surface area contributed by atoms with Crippen LogP contribution in [0.2, 0.25) is 5.02 Å². The monoisotopic (exact) mass is 503 g/mol. The van der Waals surface area contributed by atoms with E-state index in [1.165, 1.54) is 0 Å². The number of halogens is 1. The number of ether oxygens (including phenoxy) is 1. The molecule has 5 rings (SSSR count). The molecule has 8 heteroatoms. The van der Waals surface area contributed by atoms with Crippen LogP contribution in [0.1, 0.15) is 42.3 Å². The standard InChI is InChI=1S/C28H26ClN3O4/c1-16-14-18(9-11-20(16)29)35-15-19-10-12-23(36-19)27-25(28(34)32-24-8-3-4-13-30-24)17(2)31-21-6-5-7-22(33)26(21)27/h3-4,8-14,25,27,31H,2,5-7,15H2,1H3,(H,30,32,34). The molecule has 0 saturated heterocycles. The second-order valence-corrected chi connectivity index (χ2v) is 9.39. The van der Waals surface area contributed by atoms with E-state index in [4.69, 9.17) is 20.8 Å². The van der Waals surface area contributed by atoms with E-state index in [-0.39, 0.29) is 18.3 Å². The number of allylic oxidation sites excluding steroid dienone is 2. The van der Waals surface area contributed by atoms with E-state index < -0.39 is 11.8 Å². The summed E-state index contributed by atoms with van der Waals surface area (Å²) in [4.78, 5) is 30.7. The highest BCUT2D eigenvalue weighted by molar-refractivity contribution is 6.31. The minimum Gasteiger partial charge on any atom is -0.486 e. The van der Waals surface area contributed by atoms with E-state index in [1.54, 1.807) is 36.5 Å². The molecule has 7 nitrogen and oxygen atoms in total. The Balaban J connectivity index is 1.44. The summed E-state index contributed by atoms with van der Waals surface area (Å²) < 4.78 is 12.1. The Hall–Kier alpha value is -3.84. The van der Waals surface area contributed by atoms with Crippen LogP contribution in [0.4, 0.5) is 5.82 Å². The summed E-state index contributed by atoms with van der Waals surface area (Å²) in [6, 6.07) is 14.3. The number of aryl methyl sites for hydroxylation is 1. The Kier molecular flexibility index (Phi) is 6.65. The first-order valence-corrected chi connectivity index (χ1v) is 12.2. The van der Waals surface area contributed by atoms with Gasteiger partial charge < -0.3 is 19.8 Å². The smallest absolute Gasteiger partial charge is 0.235 e. The molecule has 0 radical (unpaired) electrons. The van der Waals surface area contributed by atoms with Crippen molar-refractivity contribution in [3.63, 3.8) is 0 Å². The molecule has 1 amide bonds. The zero-order valence-corrected chi connectivity index (χ0v) is 20.6. The van der Waals surface area contributed by atoms with Crippen LogP contribution in [0.15, 0.2) is 82.7 Å². The second-order valence-electron chi connectivity index (χ2n) is 8.98. The van der Waals surface area contributed by atoms with E-state index in [0.29, 0.717) is 45.8 Å². The van der Waals surface area contributed by atoms with E-state index >= 15 is 0 Å². The Morgan fingerprint density at radius 2 is 2.11 bits per heavy atom. The van der Waals surface area contributed by atoms with Crippen molar-refractivity contribution in [2.45, 2.75) is 38.7 Å².